The van der Waals surface area contributed by atoms with Crippen molar-refractivity contribution in [1.82, 2.24) is 5.32 Å². The summed E-state index contributed by atoms with van der Waals surface area (Å²) in [5.41, 5.74) is 0.971. The van der Waals surface area contributed by atoms with E-state index >= 15 is 0 Å². The second kappa shape index (κ2) is 6.14. The summed E-state index contributed by atoms with van der Waals surface area (Å²) in [6.45, 7) is 2.05. The van der Waals surface area contributed by atoms with Crippen molar-refractivity contribution in [2.45, 2.75) is 25.7 Å². The van der Waals surface area contributed by atoms with E-state index in [4.69, 9.17) is 4.74 Å². The number of benzene rings is 1. The Hall–Kier alpha value is -1.16. The summed E-state index contributed by atoms with van der Waals surface area (Å²) >= 11 is 0. The number of piperidine rings is 1. The topological polar surface area (TPSA) is 21.3 Å². The van der Waals surface area contributed by atoms with E-state index in [0.717, 1.165) is 25.1 Å². The average Bonchev–Trinajstić information content (AvgIpc) is 2.40. The third-order valence-electron chi connectivity index (χ3n) is 3.45. The number of methoxy groups -OCH3 is 1. The molecular weight excluding hydrogens is 236 g/mol. The van der Waals surface area contributed by atoms with E-state index in [0.29, 0.717) is 5.92 Å². The average molecular weight is 255 g/mol. The molecule has 0 radical (unpaired) electrons. The monoisotopic (exact) mass is 255 g/mol. The van der Waals surface area contributed by atoms with Gasteiger partial charge < -0.3 is 10.1 Å². The molecule has 1 aromatic rings. The maximum absolute atomic E-state index is 12.9. The van der Waals surface area contributed by atoms with Crippen LogP contribution in [0.3, 0.4) is 0 Å². The highest BCUT2D eigenvalue weighted by atomic mass is 19.3. The van der Waals surface area contributed by atoms with Crippen LogP contribution in [-0.2, 0) is 6.42 Å². The van der Waals surface area contributed by atoms with Gasteiger partial charge in [-0.2, -0.15) is 0 Å². The molecule has 0 aliphatic carbocycles. The van der Waals surface area contributed by atoms with Gasteiger partial charge in [-0.3, -0.25) is 0 Å². The number of hydrogen-bond acceptors (Lipinski definition) is 2. The number of halogens is 2. The second-order valence-electron chi connectivity index (χ2n) is 4.79. The number of hydrogen-bond donors (Lipinski definition) is 1. The predicted molar refractivity (Wildman–Crippen MR) is 67.2 cm³/mol. The van der Waals surface area contributed by atoms with E-state index in [9.17, 15) is 8.78 Å². The number of nitrogens with one attached hydrogen (secondary N) is 1. The fourth-order valence-corrected chi connectivity index (χ4v) is 2.51. The minimum Gasteiger partial charge on any atom is -0.496 e. The van der Waals surface area contributed by atoms with Gasteiger partial charge in [-0.25, -0.2) is 8.78 Å². The van der Waals surface area contributed by atoms with Gasteiger partial charge in [-0.1, -0.05) is 6.07 Å². The Kier molecular flexibility index (Phi) is 4.53. The van der Waals surface area contributed by atoms with Gasteiger partial charge in [0.05, 0.1) is 12.7 Å². The van der Waals surface area contributed by atoms with E-state index in [2.05, 4.69) is 5.32 Å². The highest BCUT2D eigenvalue weighted by molar-refractivity contribution is 5.38. The van der Waals surface area contributed by atoms with Gasteiger partial charge >= 0.3 is 0 Å². The van der Waals surface area contributed by atoms with Crippen LogP contribution in [-0.4, -0.2) is 20.2 Å². The van der Waals surface area contributed by atoms with Crippen LogP contribution in [0.2, 0.25) is 0 Å². The molecule has 2 rings (SSSR count). The molecule has 1 saturated heterocycles. The molecule has 2 nitrogen and oxygen atoms in total. The molecule has 18 heavy (non-hydrogen) atoms. The minimum absolute atomic E-state index is 0.00114. The normalized spacial score (nSPS) is 20.1. The Morgan fingerprint density at radius 1 is 1.44 bits per heavy atom. The molecule has 0 spiro atoms. The van der Waals surface area contributed by atoms with Crippen LogP contribution < -0.4 is 10.1 Å². The van der Waals surface area contributed by atoms with Gasteiger partial charge in [0.15, 0.2) is 0 Å². The summed E-state index contributed by atoms with van der Waals surface area (Å²) in [6.07, 6.45) is 0.715. The fourth-order valence-electron chi connectivity index (χ4n) is 2.51. The zero-order valence-corrected chi connectivity index (χ0v) is 10.6. The van der Waals surface area contributed by atoms with E-state index in [1.165, 1.54) is 20.0 Å². The van der Waals surface area contributed by atoms with E-state index in [-0.39, 0.29) is 11.3 Å². The van der Waals surface area contributed by atoms with Gasteiger partial charge in [0.25, 0.3) is 6.43 Å². The molecule has 0 amide bonds. The van der Waals surface area contributed by atoms with Crippen molar-refractivity contribution in [3.8, 4) is 5.75 Å². The first-order valence-corrected chi connectivity index (χ1v) is 6.36. The third-order valence-corrected chi connectivity index (χ3v) is 3.45. The summed E-state index contributed by atoms with van der Waals surface area (Å²) in [5.74, 6) is 0.827. The molecule has 4 heteroatoms. The number of rotatable bonds is 4. The molecule has 100 valence electrons. The molecule has 1 fully saturated rings. The van der Waals surface area contributed by atoms with Crippen LogP contribution >= 0.6 is 0 Å². The van der Waals surface area contributed by atoms with Crippen molar-refractivity contribution in [1.29, 1.82) is 0 Å². The quantitative estimate of drug-likeness (QED) is 0.892. The predicted octanol–water partition coefficient (Wildman–Crippen LogP) is 3.17. The Bertz CT molecular complexity index is 389. The molecule has 1 unspecified atom stereocenters. The van der Waals surface area contributed by atoms with Crippen LogP contribution in [0, 0.1) is 5.92 Å². The first-order chi connectivity index (χ1) is 8.70. The maximum Gasteiger partial charge on any atom is 0.267 e. The van der Waals surface area contributed by atoms with Crippen molar-refractivity contribution in [3.05, 3.63) is 29.3 Å². The van der Waals surface area contributed by atoms with Crippen LogP contribution in [0.25, 0.3) is 0 Å². The molecular formula is C14H19F2NO. The van der Waals surface area contributed by atoms with Gasteiger partial charge in [0.1, 0.15) is 5.75 Å². The molecule has 1 aliphatic rings. The first-order valence-electron chi connectivity index (χ1n) is 6.36. The second-order valence-corrected chi connectivity index (χ2v) is 4.79. The number of ether oxygens (including phenoxy) is 1. The van der Waals surface area contributed by atoms with Crippen LogP contribution in [0.15, 0.2) is 18.2 Å². The lowest BCUT2D eigenvalue weighted by atomic mass is 9.91. The standard InChI is InChI=1S/C14H19F2NO/c1-18-13-5-4-10(8-12(13)14(15)16)7-11-3-2-6-17-9-11/h4-5,8,11,14,17H,2-3,6-7,9H2,1H3. The SMILES string of the molecule is COc1ccc(CC2CCCNC2)cc1C(F)F. The summed E-state index contributed by atoms with van der Waals surface area (Å²) in [6, 6.07) is 5.12. The zero-order valence-electron chi connectivity index (χ0n) is 10.6. The van der Waals surface area contributed by atoms with Crippen molar-refractivity contribution in [2.75, 3.05) is 20.2 Å². The Morgan fingerprint density at radius 2 is 2.28 bits per heavy atom. The van der Waals surface area contributed by atoms with Crippen LogP contribution in [0.5, 0.6) is 5.75 Å². The van der Waals surface area contributed by atoms with Crippen LogP contribution in [0.1, 0.15) is 30.4 Å². The molecule has 0 saturated carbocycles. The minimum atomic E-state index is -2.48. The van der Waals surface area contributed by atoms with E-state index in [1.54, 1.807) is 12.1 Å². The first kappa shape index (κ1) is 13.3. The highest BCUT2D eigenvalue weighted by Gasteiger charge is 2.17. The molecule has 1 N–H and O–H groups in total. The summed E-state index contributed by atoms with van der Waals surface area (Å²) in [5, 5.41) is 3.34. The number of alkyl halides is 2. The Morgan fingerprint density at radius 3 is 2.89 bits per heavy atom. The maximum atomic E-state index is 12.9. The van der Waals surface area contributed by atoms with E-state index < -0.39 is 6.43 Å². The Labute approximate surface area is 106 Å². The lowest BCUT2D eigenvalue weighted by Gasteiger charge is -2.23. The molecule has 1 atom stereocenters. The fraction of sp³-hybridized carbons (Fsp3) is 0.571. The third kappa shape index (κ3) is 3.19. The van der Waals surface area contributed by atoms with Gasteiger partial charge in [-0.05, 0) is 56.0 Å². The lowest BCUT2D eigenvalue weighted by Crippen LogP contribution is -2.30. The molecule has 0 bridgehead atoms. The van der Waals surface area contributed by atoms with Gasteiger partial charge in [0, 0.05) is 0 Å². The largest absolute Gasteiger partial charge is 0.496 e. The van der Waals surface area contributed by atoms with Gasteiger partial charge in [-0.15, -0.1) is 0 Å². The van der Waals surface area contributed by atoms with E-state index in [1.807, 2.05) is 6.07 Å². The van der Waals surface area contributed by atoms with Crippen molar-refractivity contribution >= 4 is 0 Å². The summed E-state index contributed by atoms with van der Waals surface area (Å²) in [7, 11) is 1.42. The zero-order chi connectivity index (χ0) is 13.0. The van der Waals surface area contributed by atoms with Crippen molar-refractivity contribution in [3.63, 3.8) is 0 Å². The summed E-state index contributed by atoms with van der Waals surface area (Å²) < 4.78 is 30.7. The molecule has 1 aliphatic heterocycles. The van der Waals surface area contributed by atoms with Crippen molar-refractivity contribution < 1.29 is 13.5 Å². The Balaban J connectivity index is 2.10. The smallest absolute Gasteiger partial charge is 0.267 e. The highest BCUT2D eigenvalue weighted by Crippen LogP contribution is 2.30. The molecule has 1 aromatic carbocycles. The van der Waals surface area contributed by atoms with Crippen molar-refractivity contribution in [2.24, 2.45) is 5.92 Å². The lowest BCUT2D eigenvalue weighted by molar-refractivity contribution is 0.147. The molecule has 1 heterocycles. The van der Waals surface area contributed by atoms with Gasteiger partial charge in [0.2, 0.25) is 0 Å². The van der Waals surface area contributed by atoms with Crippen LogP contribution in [0.4, 0.5) is 8.78 Å². The summed E-state index contributed by atoms with van der Waals surface area (Å²) in [4.78, 5) is 0. The molecule has 0 aromatic heterocycles.